The maximum atomic E-state index is 12.0. The molecule has 0 spiro atoms. The first kappa shape index (κ1) is 18.5. The Kier molecular flexibility index (Phi) is 5.60. The van der Waals surface area contributed by atoms with E-state index in [1.165, 1.54) is 19.3 Å². The predicted octanol–water partition coefficient (Wildman–Crippen LogP) is 3.58. The number of benzene rings is 1. The first-order valence-corrected chi connectivity index (χ1v) is 10.3. The van der Waals surface area contributed by atoms with Crippen molar-refractivity contribution in [1.82, 2.24) is 25.2 Å². The molecule has 1 saturated carbocycles. The summed E-state index contributed by atoms with van der Waals surface area (Å²) in [6, 6.07) is 8.30. The van der Waals surface area contributed by atoms with Crippen LogP contribution in [0.3, 0.4) is 0 Å². The molecule has 0 unspecified atom stereocenters. The third-order valence-corrected chi connectivity index (χ3v) is 5.53. The van der Waals surface area contributed by atoms with Gasteiger partial charge in [0.1, 0.15) is 5.52 Å². The minimum atomic E-state index is -0.0372. The molecule has 0 saturated heterocycles. The average molecular weight is 380 g/mol. The summed E-state index contributed by atoms with van der Waals surface area (Å²) in [6.45, 7) is 1.51. The molecule has 148 valence electrons. The van der Waals surface area contributed by atoms with Crippen LogP contribution in [0.1, 0.15) is 44.9 Å². The van der Waals surface area contributed by atoms with Crippen molar-refractivity contribution in [2.75, 3.05) is 12.3 Å². The van der Waals surface area contributed by atoms with Crippen LogP contribution < -0.4 is 16.4 Å². The normalized spacial score (nSPS) is 15.1. The van der Waals surface area contributed by atoms with Crippen molar-refractivity contribution in [2.24, 2.45) is 0 Å². The Morgan fingerprint density at radius 1 is 1.18 bits per heavy atom. The highest BCUT2D eigenvalue weighted by Crippen LogP contribution is 2.27. The van der Waals surface area contributed by atoms with Gasteiger partial charge in [-0.2, -0.15) is 0 Å². The third-order valence-electron chi connectivity index (χ3n) is 5.53. The molecular weight excluding hydrogens is 352 g/mol. The van der Waals surface area contributed by atoms with Crippen LogP contribution in [0.4, 0.5) is 10.6 Å². The SMILES string of the molecule is Nc1nc2ccccc2c2c1ncn2CCCCNC(=O)NC1CCCCC1. The lowest BCUT2D eigenvalue weighted by atomic mass is 9.96. The van der Waals surface area contributed by atoms with E-state index in [-0.39, 0.29) is 6.03 Å². The second-order valence-corrected chi connectivity index (χ2v) is 7.59. The van der Waals surface area contributed by atoms with Crippen LogP contribution in [0.5, 0.6) is 0 Å². The van der Waals surface area contributed by atoms with Crippen molar-refractivity contribution in [1.29, 1.82) is 0 Å². The van der Waals surface area contributed by atoms with Gasteiger partial charge in [0.15, 0.2) is 5.82 Å². The number of aromatic nitrogens is 3. The number of pyridine rings is 1. The van der Waals surface area contributed by atoms with Gasteiger partial charge in [0.05, 0.1) is 17.4 Å². The quantitative estimate of drug-likeness (QED) is 0.569. The molecule has 3 aromatic rings. The van der Waals surface area contributed by atoms with E-state index in [1.54, 1.807) is 0 Å². The number of carbonyl (C=O) groups is 1. The highest BCUT2D eigenvalue weighted by molar-refractivity contribution is 6.06. The standard InChI is InChI=1S/C21H28N6O/c22-20-18-19(16-10-4-5-11-17(16)26-20)27(14-24-18)13-7-6-12-23-21(28)25-15-8-2-1-3-9-15/h4-5,10-11,14-15H,1-3,6-9,12-13H2,(H2,22,26)(H2,23,25,28). The fraction of sp³-hybridized carbons (Fsp3) is 0.476. The van der Waals surface area contributed by atoms with Crippen LogP contribution in [-0.2, 0) is 6.54 Å². The van der Waals surface area contributed by atoms with Crippen molar-refractivity contribution >= 4 is 33.8 Å². The fourth-order valence-corrected chi connectivity index (χ4v) is 4.07. The predicted molar refractivity (Wildman–Crippen MR) is 112 cm³/mol. The Labute approximate surface area is 164 Å². The Hall–Kier alpha value is -2.83. The van der Waals surface area contributed by atoms with Gasteiger partial charge in [0.25, 0.3) is 0 Å². The zero-order chi connectivity index (χ0) is 19.3. The zero-order valence-corrected chi connectivity index (χ0v) is 16.2. The Balaban J connectivity index is 1.30. The number of nitrogens with zero attached hydrogens (tertiary/aromatic N) is 3. The number of para-hydroxylation sites is 1. The number of carbonyl (C=O) groups excluding carboxylic acids is 1. The molecule has 0 aliphatic heterocycles. The van der Waals surface area contributed by atoms with Gasteiger partial charge in [-0.15, -0.1) is 0 Å². The van der Waals surface area contributed by atoms with E-state index in [9.17, 15) is 4.79 Å². The molecule has 4 N–H and O–H groups in total. The first-order valence-electron chi connectivity index (χ1n) is 10.3. The van der Waals surface area contributed by atoms with Crippen LogP contribution in [0.2, 0.25) is 0 Å². The molecule has 2 amide bonds. The van der Waals surface area contributed by atoms with E-state index in [4.69, 9.17) is 5.73 Å². The second kappa shape index (κ2) is 8.46. The van der Waals surface area contributed by atoms with Gasteiger partial charge < -0.3 is 20.9 Å². The summed E-state index contributed by atoms with van der Waals surface area (Å²) in [5.41, 5.74) is 8.75. The number of aryl methyl sites for hydroxylation is 1. The molecule has 7 nitrogen and oxygen atoms in total. The van der Waals surface area contributed by atoms with Gasteiger partial charge >= 0.3 is 6.03 Å². The average Bonchev–Trinajstić information content (AvgIpc) is 3.13. The molecule has 0 bridgehead atoms. The Bertz CT molecular complexity index is 960. The lowest BCUT2D eigenvalue weighted by Crippen LogP contribution is -2.43. The Morgan fingerprint density at radius 2 is 2.00 bits per heavy atom. The number of nitrogens with two attached hydrogens (primary N) is 1. The highest BCUT2D eigenvalue weighted by atomic mass is 16.2. The summed E-state index contributed by atoms with van der Waals surface area (Å²) in [5.74, 6) is 0.466. The molecule has 2 heterocycles. The number of fused-ring (bicyclic) bond motifs is 3. The molecule has 0 atom stereocenters. The maximum absolute atomic E-state index is 12.0. The van der Waals surface area contributed by atoms with Crippen LogP contribution in [0, 0.1) is 0 Å². The number of amides is 2. The van der Waals surface area contributed by atoms with Gasteiger partial charge in [-0.05, 0) is 31.7 Å². The van der Waals surface area contributed by atoms with Crippen LogP contribution >= 0.6 is 0 Å². The number of nitrogens with one attached hydrogen (secondary N) is 2. The lowest BCUT2D eigenvalue weighted by Gasteiger charge is -2.22. The summed E-state index contributed by atoms with van der Waals surface area (Å²) < 4.78 is 2.14. The number of urea groups is 1. The van der Waals surface area contributed by atoms with E-state index in [0.717, 1.165) is 54.2 Å². The van der Waals surface area contributed by atoms with Crippen molar-refractivity contribution < 1.29 is 4.79 Å². The largest absolute Gasteiger partial charge is 0.382 e. The summed E-state index contributed by atoms with van der Waals surface area (Å²) in [5, 5.41) is 7.13. The van der Waals surface area contributed by atoms with Crippen LogP contribution in [0.15, 0.2) is 30.6 Å². The lowest BCUT2D eigenvalue weighted by molar-refractivity contribution is 0.232. The summed E-state index contributed by atoms with van der Waals surface area (Å²) in [6.07, 6.45) is 9.64. The number of hydrogen-bond donors (Lipinski definition) is 3. The maximum Gasteiger partial charge on any atom is 0.315 e. The minimum absolute atomic E-state index is 0.0372. The third kappa shape index (κ3) is 4.03. The van der Waals surface area contributed by atoms with Crippen LogP contribution in [-0.4, -0.2) is 33.2 Å². The Morgan fingerprint density at radius 3 is 2.86 bits per heavy atom. The number of rotatable bonds is 6. The van der Waals surface area contributed by atoms with Gasteiger partial charge in [0, 0.05) is 24.5 Å². The first-order chi connectivity index (χ1) is 13.7. The summed E-state index contributed by atoms with van der Waals surface area (Å²) in [4.78, 5) is 20.9. The van der Waals surface area contributed by atoms with Gasteiger partial charge in [-0.1, -0.05) is 37.5 Å². The van der Waals surface area contributed by atoms with Crippen molar-refractivity contribution in [3.8, 4) is 0 Å². The van der Waals surface area contributed by atoms with Crippen molar-refractivity contribution in [3.05, 3.63) is 30.6 Å². The molecule has 7 heteroatoms. The van der Waals surface area contributed by atoms with Gasteiger partial charge in [-0.3, -0.25) is 0 Å². The molecule has 2 aromatic heterocycles. The summed E-state index contributed by atoms with van der Waals surface area (Å²) >= 11 is 0. The molecule has 28 heavy (non-hydrogen) atoms. The molecule has 4 rings (SSSR count). The van der Waals surface area contributed by atoms with Gasteiger partial charge in [-0.25, -0.2) is 14.8 Å². The van der Waals surface area contributed by atoms with Crippen molar-refractivity contribution in [3.63, 3.8) is 0 Å². The zero-order valence-electron chi connectivity index (χ0n) is 16.2. The topological polar surface area (TPSA) is 97.9 Å². The van der Waals surface area contributed by atoms with Gasteiger partial charge in [0.2, 0.25) is 0 Å². The van der Waals surface area contributed by atoms with E-state index < -0.39 is 0 Å². The fourth-order valence-electron chi connectivity index (χ4n) is 4.07. The minimum Gasteiger partial charge on any atom is -0.382 e. The second-order valence-electron chi connectivity index (χ2n) is 7.59. The number of imidazole rings is 1. The summed E-state index contributed by atoms with van der Waals surface area (Å²) in [7, 11) is 0. The number of hydrogen-bond acceptors (Lipinski definition) is 4. The van der Waals surface area contributed by atoms with E-state index in [0.29, 0.717) is 18.4 Å². The number of nitrogen functional groups attached to an aromatic ring is 1. The van der Waals surface area contributed by atoms with Crippen LogP contribution in [0.25, 0.3) is 21.9 Å². The molecule has 0 radical (unpaired) electrons. The molecular formula is C21H28N6O. The smallest absolute Gasteiger partial charge is 0.315 e. The van der Waals surface area contributed by atoms with E-state index in [2.05, 4.69) is 31.2 Å². The number of unbranched alkanes of at least 4 members (excludes halogenated alkanes) is 1. The highest BCUT2D eigenvalue weighted by Gasteiger charge is 2.15. The molecule has 1 aliphatic carbocycles. The van der Waals surface area contributed by atoms with E-state index >= 15 is 0 Å². The number of anilines is 1. The van der Waals surface area contributed by atoms with Crippen molar-refractivity contribution in [2.45, 2.75) is 57.5 Å². The van der Waals surface area contributed by atoms with E-state index in [1.807, 2.05) is 24.5 Å². The molecule has 1 aromatic carbocycles. The monoisotopic (exact) mass is 380 g/mol. The molecule has 1 aliphatic rings. The molecule has 1 fully saturated rings.